The molecule has 8 aromatic carbocycles. The number of nitrogens with zero attached hydrogens (tertiary/aromatic N) is 2. The normalized spacial score (nSPS) is 14.6. The average Bonchev–Trinajstić information content (AvgIpc) is 3.58. The molecule has 3 heteroatoms. The first-order valence-electron chi connectivity index (χ1n) is 19.1. The molecule has 2 aliphatic carbocycles. The Morgan fingerprint density at radius 1 is 0.364 bits per heavy atom. The third-order valence-corrected chi connectivity index (χ3v) is 12.8. The van der Waals surface area contributed by atoms with E-state index in [1.807, 2.05) is 12.3 Å². The van der Waals surface area contributed by atoms with Crippen molar-refractivity contribution in [2.75, 3.05) is 0 Å². The molecule has 0 amide bonds. The molecule has 2 nitrogen and oxygen atoms in total. The molecule has 0 unspecified atom stereocenters. The molecule has 0 bridgehead atoms. The van der Waals surface area contributed by atoms with Crippen LogP contribution < -0.4 is 0 Å². The second-order valence-corrected chi connectivity index (χ2v) is 16.6. The molecule has 0 fully saturated rings. The first kappa shape index (κ1) is 32.3. The van der Waals surface area contributed by atoms with Crippen molar-refractivity contribution < 1.29 is 0 Å². The molecule has 2 aromatic heterocycles. The van der Waals surface area contributed by atoms with Crippen molar-refractivity contribution in [2.24, 2.45) is 0 Å². The van der Waals surface area contributed by atoms with Gasteiger partial charge in [0.05, 0.1) is 11.4 Å². The van der Waals surface area contributed by atoms with Crippen molar-refractivity contribution in [1.29, 1.82) is 0 Å². The summed E-state index contributed by atoms with van der Waals surface area (Å²) in [7, 11) is 0. The highest BCUT2D eigenvalue weighted by atomic mass is 35.5. The summed E-state index contributed by atoms with van der Waals surface area (Å²) in [6.07, 6.45) is 1.91. The zero-order valence-electron chi connectivity index (χ0n) is 31.2. The number of rotatable bonds is 0. The molecule has 0 saturated heterocycles. The minimum Gasteiger partial charge on any atom is -0.256 e. The van der Waals surface area contributed by atoms with Gasteiger partial charge in [-0.05, 0) is 123 Å². The number of hydrogen-bond donors (Lipinski definition) is 0. The Bertz CT molecular complexity index is 3280. The number of fused-ring (bicyclic) bond motifs is 18. The second kappa shape index (κ2) is 11.5. The summed E-state index contributed by atoms with van der Waals surface area (Å²) >= 11 is 6.26. The lowest BCUT2D eigenvalue weighted by Gasteiger charge is -2.22. The van der Waals surface area contributed by atoms with Gasteiger partial charge in [0.1, 0.15) is 5.15 Å². The largest absolute Gasteiger partial charge is 0.256 e. The van der Waals surface area contributed by atoms with Crippen LogP contribution >= 0.6 is 11.6 Å². The Labute approximate surface area is 325 Å². The van der Waals surface area contributed by atoms with Gasteiger partial charge in [0.2, 0.25) is 0 Å². The Balaban J connectivity index is 0.000000128. The molecule has 2 heterocycles. The van der Waals surface area contributed by atoms with Crippen LogP contribution in [0.5, 0.6) is 0 Å². The maximum absolute atomic E-state index is 6.26. The maximum atomic E-state index is 6.26. The molecule has 0 spiro atoms. The van der Waals surface area contributed by atoms with Crippen LogP contribution in [0, 0.1) is 0 Å². The number of halogens is 1. The van der Waals surface area contributed by atoms with Crippen LogP contribution in [-0.2, 0) is 10.8 Å². The van der Waals surface area contributed by atoms with Crippen molar-refractivity contribution in [3.05, 3.63) is 179 Å². The van der Waals surface area contributed by atoms with E-state index >= 15 is 0 Å². The summed E-state index contributed by atoms with van der Waals surface area (Å²) in [5.41, 5.74) is 9.79. The maximum Gasteiger partial charge on any atom is 0.129 e. The Morgan fingerprint density at radius 3 is 1.16 bits per heavy atom. The Morgan fingerprint density at radius 2 is 0.727 bits per heavy atom. The lowest BCUT2D eigenvalue weighted by Crippen LogP contribution is -2.15. The molecule has 262 valence electrons. The highest BCUT2D eigenvalue weighted by molar-refractivity contribution is 6.30. The zero-order chi connectivity index (χ0) is 37.2. The van der Waals surface area contributed by atoms with Crippen LogP contribution in [-0.4, -0.2) is 9.97 Å². The van der Waals surface area contributed by atoms with E-state index in [9.17, 15) is 0 Å². The van der Waals surface area contributed by atoms with Crippen molar-refractivity contribution >= 4 is 76.2 Å². The standard InChI is InChI=1S/C26H18ClN.C26H19N/c1-26(2)22-11-12-24(27)28-25(22)21-13-19-17-9-5-3-7-15(17)16-8-4-6-10-18(16)20(19)14-23(21)26;1-26(2)23-12-7-13-27-25(23)22-14-20-18-10-5-3-8-16(18)17-9-4-6-11-19(17)21(20)15-24(22)26/h3-14H,1-2H3;3-15H,1-2H3. The monoisotopic (exact) mass is 724 g/mol. The summed E-state index contributed by atoms with van der Waals surface area (Å²) in [5.74, 6) is 0. The lowest BCUT2D eigenvalue weighted by molar-refractivity contribution is 0.659. The molecular weight excluding hydrogens is 688 g/mol. The van der Waals surface area contributed by atoms with Gasteiger partial charge in [-0.1, -0.05) is 148 Å². The van der Waals surface area contributed by atoms with Crippen LogP contribution in [0.2, 0.25) is 5.15 Å². The SMILES string of the molecule is CC1(C)c2cc3c4ccccc4c4ccccc4c3cc2-c2nc(Cl)ccc21.CC1(C)c2cc3c4ccccc4c4ccccc4c3cc2-c2ncccc21. The third-order valence-electron chi connectivity index (χ3n) is 12.6. The molecule has 0 N–H and O–H groups in total. The highest BCUT2D eigenvalue weighted by Gasteiger charge is 2.38. The quantitative estimate of drug-likeness (QED) is 0.115. The number of benzene rings is 8. The van der Waals surface area contributed by atoms with Gasteiger partial charge in [-0.15, -0.1) is 0 Å². The van der Waals surface area contributed by atoms with Crippen LogP contribution in [0.3, 0.4) is 0 Å². The molecule has 0 aliphatic heterocycles. The molecule has 12 rings (SSSR count). The summed E-state index contributed by atoms with van der Waals surface area (Å²) in [5, 5.41) is 16.3. The summed E-state index contributed by atoms with van der Waals surface area (Å²) in [6, 6.07) is 52.8. The molecule has 0 radical (unpaired) electrons. The van der Waals surface area contributed by atoms with Gasteiger partial charge in [-0.25, -0.2) is 4.98 Å². The van der Waals surface area contributed by atoms with E-state index in [4.69, 9.17) is 21.6 Å². The van der Waals surface area contributed by atoms with Crippen LogP contribution in [0.25, 0.3) is 87.1 Å². The smallest absolute Gasteiger partial charge is 0.129 e. The molecule has 0 atom stereocenters. The molecule has 55 heavy (non-hydrogen) atoms. The summed E-state index contributed by atoms with van der Waals surface area (Å²) in [4.78, 5) is 9.45. The predicted molar refractivity (Wildman–Crippen MR) is 234 cm³/mol. The van der Waals surface area contributed by atoms with Gasteiger partial charge in [0, 0.05) is 28.2 Å². The molecule has 10 aromatic rings. The number of hydrogen-bond acceptors (Lipinski definition) is 2. The minimum atomic E-state index is -0.0941. The van der Waals surface area contributed by atoms with E-state index in [0.717, 1.165) is 11.4 Å². The van der Waals surface area contributed by atoms with Crippen LogP contribution in [0.4, 0.5) is 0 Å². The Kier molecular flexibility index (Phi) is 6.74. The highest BCUT2D eigenvalue weighted by Crippen LogP contribution is 2.52. The minimum absolute atomic E-state index is 0.0279. The van der Waals surface area contributed by atoms with Gasteiger partial charge in [0.15, 0.2) is 0 Å². The van der Waals surface area contributed by atoms with E-state index in [2.05, 4.69) is 167 Å². The van der Waals surface area contributed by atoms with Gasteiger partial charge in [-0.2, -0.15) is 0 Å². The Hall–Kier alpha value is -6.09. The second-order valence-electron chi connectivity index (χ2n) is 16.2. The van der Waals surface area contributed by atoms with Crippen molar-refractivity contribution in [3.63, 3.8) is 0 Å². The topological polar surface area (TPSA) is 25.8 Å². The average molecular weight is 725 g/mol. The van der Waals surface area contributed by atoms with Crippen molar-refractivity contribution in [3.8, 4) is 22.5 Å². The van der Waals surface area contributed by atoms with Gasteiger partial charge >= 0.3 is 0 Å². The number of aromatic nitrogens is 2. The lowest BCUT2D eigenvalue weighted by atomic mass is 9.81. The van der Waals surface area contributed by atoms with E-state index in [1.165, 1.54) is 98.0 Å². The summed E-state index contributed by atoms with van der Waals surface area (Å²) in [6.45, 7) is 9.19. The fourth-order valence-electron chi connectivity index (χ4n) is 9.89. The van der Waals surface area contributed by atoms with Gasteiger partial charge < -0.3 is 0 Å². The number of pyridine rings is 2. The molecule has 2 aliphatic rings. The van der Waals surface area contributed by atoms with Crippen molar-refractivity contribution in [2.45, 2.75) is 38.5 Å². The predicted octanol–water partition coefficient (Wildman–Crippen LogP) is 14.3. The van der Waals surface area contributed by atoms with Gasteiger partial charge in [-0.3, -0.25) is 4.98 Å². The van der Waals surface area contributed by atoms with Crippen molar-refractivity contribution in [1.82, 2.24) is 9.97 Å². The molecule has 0 saturated carbocycles. The van der Waals surface area contributed by atoms with Crippen LogP contribution in [0.1, 0.15) is 49.9 Å². The van der Waals surface area contributed by atoms with Gasteiger partial charge in [0.25, 0.3) is 0 Å². The first-order valence-corrected chi connectivity index (χ1v) is 19.5. The fourth-order valence-corrected chi connectivity index (χ4v) is 10.0. The van der Waals surface area contributed by atoms with E-state index in [1.54, 1.807) is 0 Å². The first-order chi connectivity index (χ1) is 26.7. The van der Waals surface area contributed by atoms with E-state index in [-0.39, 0.29) is 10.8 Å². The third kappa shape index (κ3) is 4.49. The molecular formula is C52H37ClN2. The fraction of sp³-hybridized carbons (Fsp3) is 0.115. The van der Waals surface area contributed by atoms with E-state index in [0.29, 0.717) is 5.15 Å². The zero-order valence-corrected chi connectivity index (χ0v) is 32.0. The van der Waals surface area contributed by atoms with Crippen LogP contribution in [0.15, 0.2) is 152 Å². The summed E-state index contributed by atoms with van der Waals surface area (Å²) < 4.78 is 0. The van der Waals surface area contributed by atoms with E-state index < -0.39 is 0 Å².